The van der Waals surface area contributed by atoms with Crippen LogP contribution >= 0.6 is 0 Å². The van der Waals surface area contributed by atoms with Crippen molar-refractivity contribution in [2.75, 3.05) is 6.61 Å². The quantitative estimate of drug-likeness (QED) is 0.200. The van der Waals surface area contributed by atoms with E-state index in [9.17, 15) is 43.5 Å². The highest BCUT2D eigenvalue weighted by atomic mass is 16.8. The summed E-state index contributed by atoms with van der Waals surface area (Å²) in [5.41, 5.74) is -2.28. The van der Waals surface area contributed by atoms with Crippen LogP contribution in [0.15, 0.2) is 0 Å². The largest absolute Gasteiger partial charge is 0.462 e. The topological polar surface area (TPSA) is 277 Å². The lowest BCUT2D eigenvalue weighted by atomic mass is 9.94. The number of hydrogen-bond donors (Lipinski definition) is 1. The zero-order valence-electron chi connectivity index (χ0n) is 37.4. The lowest BCUT2D eigenvalue weighted by Crippen LogP contribution is -2.68. The molecular formula is C40H60O22. The number of rotatable bonds is 13. The average Bonchev–Trinajstić information content (AvgIpc) is 3.10. The summed E-state index contributed by atoms with van der Waals surface area (Å²) in [6.45, 7) is 17.8. The first-order chi connectivity index (χ1) is 28.5. The molecule has 22 heteroatoms. The van der Waals surface area contributed by atoms with Gasteiger partial charge in [-0.3, -0.25) is 38.4 Å². The fraction of sp³-hybridized carbons (Fsp3) is 0.800. The first-order valence-corrected chi connectivity index (χ1v) is 19.9. The third-order valence-electron chi connectivity index (χ3n) is 9.31. The molecule has 15 atom stereocenters. The molecule has 0 radical (unpaired) electrons. The van der Waals surface area contributed by atoms with Gasteiger partial charge in [0.15, 0.2) is 67.7 Å². The van der Waals surface area contributed by atoms with E-state index in [4.69, 9.17) is 61.6 Å². The molecule has 352 valence electrons. The summed E-state index contributed by atoms with van der Waals surface area (Å²) in [6.07, 6.45) is -24.1. The van der Waals surface area contributed by atoms with Crippen LogP contribution in [0.5, 0.6) is 0 Å². The first kappa shape index (κ1) is 51.9. The van der Waals surface area contributed by atoms with Gasteiger partial charge in [0.05, 0.1) is 23.0 Å². The van der Waals surface area contributed by atoms with Crippen LogP contribution < -0.4 is 0 Å². The molecule has 3 saturated heterocycles. The lowest BCUT2D eigenvalue weighted by Gasteiger charge is -2.50. The number of carbonyl (C=O) groups excluding carboxylic acids is 8. The summed E-state index contributed by atoms with van der Waals surface area (Å²) in [4.78, 5) is 101. The fourth-order valence-corrected chi connectivity index (χ4v) is 6.62. The molecule has 1 N–H and O–H groups in total. The van der Waals surface area contributed by atoms with Gasteiger partial charge in [-0.1, -0.05) is 0 Å². The van der Waals surface area contributed by atoms with Crippen LogP contribution in [0.1, 0.15) is 96.9 Å². The van der Waals surface area contributed by atoms with Gasteiger partial charge in [-0.05, 0) is 55.4 Å². The van der Waals surface area contributed by atoms with Crippen molar-refractivity contribution in [1.29, 1.82) is 0 Å². The molecule has 0 aromatic heterocycles. The van der Waals surface area contributed by atoms with Gasteiger partial charge >= 0.3 is 47.8 Å². The van der Waals surface area contributed by atoms with Gasteiger partial charge in [-0.25, -0.2) is 0 Å². The minimum atomic E-state index is -2.10. The summed E-state index contributed by atoms with van der Waals surface area (Å²) in [5.74, 6) is -6.79. The number of aliphatic hydroxyl groups excluding tert-OH is 1. The van der Waals surface area contributed by atoms with Crippen molar-refractivity contribution in [3.63, 3.8) is 0 Å². The molecule has 3 aliphatic rings. The van der Waals surface area contributed by atoms with Crippen molar-refractivity contribution in [1.82, 2.24) is 0 Å². The minimum Gasteiger partial charge on any atom is -0.462 e. The van der Waals surface area contributed by atoms with E-state index in [-0.39, 0.29) is 0 Å². The Balaban J connectivity index is 2.26. The number of aliphatic hydroxyl groups is 1. The van der Waals surface area contributed by atoms with Gasteiger partial charge in [0.25, 0.3) is 0 Å². The summed E-state index contributed by atoms with van der Waals surface area (Å²) >= 11 is 0. The van der Waals surface area contributed by atoms with Crippen molar-refractivity contribution in [2.24, 2.45) is 10.8 Å². The Hall–Kier alpha value is -4.48. The zero-order chi connectivity index (χ0) is 47.2. The second kappa shape index (κ2) is 21.3. The number of carbonyl (C=O) groups is 8. The van der Waals surface area contributed by atoms with Crippen molar-refractivity contribution in [2.45, 2.75) is 189 Å². The van der Waals surface area contributed by atoms with Crippen LogP contribution in [0.3, 0.4) is 0 Å². The van der Waals surface area contributed by atoms with Gasteiger partial charge < -0.3 is 66.7 Å². The third kappa shape index (κ3) is 14.0. The summed E-state index contributed by atoms with van der Waals surface area (Å²) in [6, 6.07) is 0. The highest BCUT2D eigenvalue weighted by Crippen LogP contribution is 2.38. The molecule has 0 bridgehead atoms. The van der Waals surface area contributed by atoms with Gasteiger partial charge in [0.2, 0.25) is 0 Å². The summed E-state index contributed by atoms with van der Waals surface area (Å²) in [5, 5.41) is 11.7. The van der Waals surface area contributed by atoms with Crippen LogP contribution in [-0.2, 0) is 99.9 Å². The first-order valence-electron chi connectivity index (χ1n) is 19.9. The molecule has 3 heterocycles. The van der Waals surface area contributed by atoms with Crippen molar-refractivity contribution in [3.8, 4) is 0 Å². The summed E-state index contributed by atoms with van der Waals surface area (Å²) < 4.78 is 75.4. The van der Waals surface area contributed by atoms with Crippen LogP contribution in [-0.4, -0.2) is 152 Å². The van der Waals surface area contributed by atoms with E-state index < -0.39 is 157 Å². The van der Waals surface area contributed by atoms with Crippen LogP contribution in [0.25, 0.3) is 0 Å². The maximum absolute atomic E-state index is 13.8. The van der Waals surface area contributed by atoms with E-state index in [1.165, 1.54) is 34.6 Å². The van der Waals surface area contributed by atoms with Gasteiger partial charge in [-0.15, -0.1) is 0 Å². The van der Waals surface area contributed by atoms with E-state index >= 15 is 0 Å². The molecule has 0 saturated carbocycles. The van der Waals surface area contributed by atoms with E-state index in [1.807, 2.05) is 0 Å². The van der Waals surface area contributed by atoms with Crippen LogP contribution in [0, 0.1) is 10.8 Å². The molecule has 0 amide bonds. The zero-order valence-corrected chi connectivity index (χ0v) is 37.4. The predicted octanol–water partition coefficient (Wildman–Crippen LogP) is 1.10. The molecule has 0 spiro atoms. The Labute approximate surface area is 359 Å². The smallest absolute Gasteiger partial charge is 0.311 e. The van der Waals surface area contributed by atoms with E-state index in [1.54, 1.807) is 20.8 Å². The Morgan fingerprint density at radius 2 is 0.758 bits per heavy atom. The van der Waals surface area contributed by atoms with Crippen LogP contribution in [0.4, 0.5) is 0 Å². The van der Waals surface area contributed by atoms with Gasteiger partial charge in [0, 0.05) is 41.5 Å². The number of hydrogen-bond acceptors (Lipinski definition) is 22. The molecule has 0 unspecified atom stereocenters. The molecule has 62 heavy (non-hydrogen) atoms. The molecule has 3 rings (SSSR count). The SMILES string of the molecule is CC(=O)O[C@@H]1[C@@H](OC(C)=O)[C@H](C)O[C@@H](O[C@@H]2[C@@H](OC(=O)C(C)(C)C)[C@H](O[C@@H]3O[C@@H](C)[C@H](OC(C)=O)[C@@H](OC(C)=O)[C@H]3OC(C)=O)[C@@H](COC(=O)C(C)(C)C)O[C@@H]2O)[C@@H]1OC(C)=O. The normalized spacial score (nSPS) is 33.8. The standard InChI is InChI=1S/C40H60O22/c1-16-25(53-18(3)41)28(55-20(5)43)32(57-22(7)45)35(51-16)60-27-24(15-50-37(48)39(9,10)11)59-34(47)31(30(27)62-38(49)40(12,13)14)61-36-33(58-23(8)46)29(56-21(6)44)26(17(2)52-36)54-19(4)42/h16-17,24-36,47H,15H2,1-14H3/t16-,17-,24+,25-,26-,27+,28+,29+,30-,31+,32+,33+,34-,35-,36-/m0/s1. The fourth-order valence-electron chi connectivity index (χ4n) is 6.62. The third-order valence-corrected chi connectivity index (χ3v) is 9.31. The Kier molecular flexibility index (Phi) is 17.8. The van der Waals surface area contributed by atoms with E-state index in [0.29, 0.717) is 0 Å². The van der Waals surface area contributed by atoms with Crippen molar-refractivity contribution < 1.29 is 105 Å². The van der Waals surface area contributed by atoms with Gasteiger partial charge in [-0.2, -0.15) is 0 Å². The highest BCUT2D eigenvalue weighted by Gasteiger charge is 2.59. The predicted molar refractivity (Wildman–Crippen MR) is 202 cm³/mol. The maximum Gasteiger partial charge on any atom is 0.311 e. The van der Waals surface area contributed by atoms with Crippen molar-refractivity contribution in [3.05, 3.63) is 0 Å². The molecular weight excluding hydrogens is 832 g/mol. The molecule has 3 fully saturated rings. The summed E-state index contributed by atoms with van der Waals surface area (Å²) in [7, 11) is 0. The molecule has 0 aromatic carbocycles. The van der Waals surface area contributed by atoms with E-state index in [0.717, 1.165) is 41.5 Å². The van der Waals surface area contributed by atoms with Crippen molar-refractivity contribution >= 4 is 47.8 Å². The Morgan fingerprint density at radius 1 is 0.435 bits per heavy atom. The molecule has 22 nitrogen and oxygen atoms in total. The average molecular weight is 893 g/mol. The highest BCUT2D eigenvalue weighted by molar-refractivity contribution is 5.76. The molecule has 0 aliphatic carbocycles. The second-order valence-electron chi connectivity index (χ2n) is 17.1. The minimum absolute atomic E-state index is 0.663. The lowest BCUT2D eigenvalue weighted by molar-refractivity contribution is -0.381. The second-order valence-corrected chi connectivity index (χ2v) is 17.1. The Bertz CT molecular complexity index is 1650. The number of esters is 8. The maximum atomic E-state index is 13.8. The number of ether oxygens (including phenoxy) is 13. The molecule has 0 aromatic rings. The monoisotopic (exact) mass is 892 g/mol. The Morgan fingerprint density at radius 3 is 1.11 bits per heavy atom. The van der Waals surface area contributed by atoms with Crippen LogP contribution in [0.2, 0.25) is 0 Å². The van der Waals surface area contributed by atoms with E-state index in [2.05, 4.69) is 0 Å². The van der Waals surface area contributed by atoms with Gasteiger partial charge in [0.1, 0.15) is 18.8 Å². The molecule has 3 aliphatic heterocycles.